The number of nitro groups is 1. The lowest BCUT2D eigenvalue weighted by atomic mass is 9.94. The normalized spacial score (nSPS) is 14.2. The molecule has 3 N–H and O–H groups in total. The Morgan fingerprint density at radius 2 is 1.74 bits per heavy atom. The highest BCUT2D eigenvalue weighted by atomic mass is 16.6. The largest absolute Gasteiger partial charge is 0.495 e. The molecular weight excluding hydrogens is 500 g/mol. The molecule has 0 aliphatic carbocycles. The van der Waals surface area contributed by atoms with Gasteiger partial charge in [-0.3, -0.25) is 19.7 Å². The molecule has 11 heteroatoms. The predicted molar refractivity (Wildman–Crippen MR) is 146 cm³/mol. The monoisotopic (exact) mass is 524 g/mol. The van der Waals surface area contributed by atoms with E-state index in [1.54, 1.807) is 67.6 Å². The van der Waals surface area contributed by atoms with E-state index >= 15 is 0 Å². The van der Waals surface area contributed by atoms with Crippen LogP contribution in [-0.4, -0.2) is 33.6 Å². The smallest absolute Gasteiger partial charge is 0.269 e. The maximum atomic E-state index is 13.7. The molecule has 3 aromatic carbocycles. The molecule has 1 atom stereocenters. The van der Waals surface area contributed by atoms with Crippen LogP contribution in [0.1, 0.15) is 28.9 Å². The Bertz CT molecular complexity index is 1610. The summed E-state index contributed by atoms with van der Waals surface area (Å²) in [4.78, 5) is 37.9. The molecule has 0 spiro atoms. The molecule has 2 amide bonds. The van der Waals surface area contributed by atoms with Crippen molar-refractivity contribution in [1.29, 1.82) is 0 Å². The van der Waals surface area contributed by atoms with Crippen molar-refractivity contribution >= 4 is 34.7 Å². The number of carbonyl (C=O) groups excluding carboxylic acids is 2. The highest BCUT2D eigenvalue weighted by Crippen LogP contribution is 2.39. The third kappa shape index (κ3) is 4.92. The summed E-state index contributed by atoms with van der Waals surface area (Å²) in [6, 6.07) is 21.1. The second-order valence-electron chi connectivity index (χ2n) is 8.74. The number of benzene rings is 3. The van der Waals surface area contributed by atoms with Gasteiger partial charge in [0.05, 0.1) is 29.5 Å². The molecule has 1 aliphatic heterocycles. The van der Waals surface area contributed by atoms with Crippen molar-refractivity contribution in [3.05, 3.63) is 118 Å². The van der Waals surface area contributed by atoms with Gasteiger partial charge in [-0.25, -0.2) is 4.68 Å². The van der Waals surface area contributed by atoms with E-state index in [1.807, 2.05) is 6.07 Å². The van der Waals surface area contributed by atoms with Crippen LogP contribution in [0.4, 0.5) is 22.9 Å². The molecule has 1 aromatic heterocycles. The van der Waals surface area contributed by atoms with Crippen LogP contribution in [0.5, 0.6) is 5.75 Å². The molecule has 0 fully saturated rings. The van der Waals surface area contributed by atoms with Crippen LogP contribution in [0, 0.1) is 10.1 Å². The van der Waals surface area contributed by atoms with E-state index in [-0.39, 0.29) is 16.8 Å². The number of methoxy groups -OCH3 is 1. The summed E-state index contributed by atoms with van der Waals surface area (Å²) in [5.74, 6) is -0.0365. The van der Waals surface area contributed by atoms with Gasteiger partial charge in [0.1, 0.15) is 23.2 Å². The Morgan fingerprint density at radius 1 is 1.00 bits per heavy atom. The van der Waals surface area contributed by atoms with Crippen LogP contribution in [0.3, 0.4) is 0 Å². The number of allylic oxidation sites excluding steroid dienone is 1. The van der Waals surface area contributed by atoms with Gasteiger partial charge in [0.25, 0.3) is 17.5 Å². The fourth-order valence-electron chi connectivity index (χ4n) is 4.49. The summed E-state index contributed by atoms with van der Waals surface area (Å²) in [7, 11) is 1.50. The lowest BCUT2D eigenvalue weighted by Gasteiger charge is -2.30. The Hall–Kier alpha value is -5.45. The van der Waals surface area contributed by atoms with Crippen molar-refractivity contribution < 1.29 is 19.2 Å². The summed E-state index contributed by atoms with van der Waals surface area (Å²) in [6.07, 6.45) is 1.40. The number of nitrogens with zero attached hydrogens (tertiary/aromatic N) is 3. The SMILES string of the molecule is COc1ccccc1NC(=O)C1=C(C)Nc2c(C(=O)Nc3ccccc3)cnn2[C@@H]1c1cccc([N+](=O)[O-])c1. The van der Waals surface area contributed by atoms with Gasteiger partial charge < -0.3 is 20.7 Å². The molecule has 0 saturated heterocycles. The van der Waals surface area contributed by atoms with Gasteiger partial charge in [0.2, 0.25) is 0 Å². The lowest BCUT2D eigenvalue weighted by molar-refractivity contribution is -0.384. The summed E-state index contributed by atoms with van der Waals surface area (Å²) in [5.41, 5.74) is 2.36. The number of hydrogen-bond donors (Lipinski definition) is 3. The predicted octanol–water partition coefficient (Wildman–Crippen LogP) is 4.98. The standard InChI is InChI=1S/C28H24N6O5/c1-17-24(28(36)32-22-13-6-7-14-23(22)39-2)25(18-9-8-12-20(15-18)34(37)38)33-26(30-17)21(16-29-33)27(35)31-19-10-4-3-5-11-19/h3-16,25,30H,1-2H3,(H,31,35)(H,32,36)/t25-/m1/s1. The number of amides is 2. The van der Waals surface area contributed by atoms with Crippen LogP contribution >= 0.6 is 0 Å². The third-order valence-electron chi connectivity index (χ3n) is 6.30. The van der Waals surface area contributed by atoms with Gasteiger partial charge in [-0.05, 0) is 36.8 Å². The first-order valence-corrected chi connectivity index (χ1v) is 12.0. The summed E-state index contributed by atoms with van der Waals surface area (Å²) < 4.78 is 6.85. The second-order valence-corrected chi connectivity index (χ2v) is 8.74. The van der Waals surface area contributed by atoms with E-state index in [9.17, 15) is 19.7 Å². The summed E-state index contributed by atoms with van der Waals surface area (Å²) in [5, 5.41) is 24.9. The molecule has 0 unspecified atom stereocenters. The Labute approximate surface area is 223 Å². The number of ether oxygens (including phenoxy) is 1. The third-order valence-corrected chi connectivity index (χ3v) is 6.30. The average Bonchev–Trinajstić information content (AvgIpc) is 3.36. The highest BCUT2D eigenvalue weighted by Gasteiger charge is 2.36. The number of anilines is 3. The molecule has 0 saturated carbocycles. The minimum Gasteiger partial charge on any atom is -0.495 e. The van der Waals surface area contributed by atoms with Gasteiger partial charge in [-0.15, -0.1) is 0 Å². The molecule has 5 rings (SSSR count). The number of aromatic nitrogens is 2. The number of nitro benzene ring substituents is 1. The van der Waals surface area contributed by atoms with Gasteiger partial charge in [0.15, 0.2) is 0 Å². The van der Waals surface area contributed by atoms with Crippen molar-refractivity contribution in [1.82, 2.24) is 9.78 Å². The van der Waals surface area contributed by atoms with Gasteiger partial charge in [-0.2, -0.15) is 5.10 Å². The second kappa shape index (κ2) is 10.5. The van der Waals surface area contributed by atoms with Gasteiger partial charge in [-0.1, -0.05) is 42.5 Å². The molecule has 196 valence electrons. The molecule has 0 radical (unpaired) electrons. The zero-order valence-corrected chi connectivity index (χ0v) is 21.0. The molecule has 39 heavy (non-hydrogen) atoms. The molecule has 0 bridgehead atoms. The molecular formula is C28H24N6O5. The molecule has 11 nitrogen and oxygen atoms in total. The topological polar surface area (TPSA) is 140 Å². The Balaban J connectivity index is 1.58. The van der Waals surface area contributed by atoms with E-state index in [1.165, 1.54) is 30.1 Å². The summed E-state index contributed by atoms with van der Waals surface area (Å²) >= 11 is 0. The van der Waals surface area contributed by atoms with Crippen molar-refractivity contribution in [2.24, 2.45) is 0 Å². The number of hydrogen-bond acceptors (Lipinski definition) is 7. The number of carbonyl (C=O) groups is 2. The van der Waals surface area contributed by atoms with E-state index < -0.39 is 22.8 Å². The number of para-hydroxylation sites is 3. The fourth-order valence-corrected chi connectivity index (χ4v) is 4.49. The van der Waals surface area contributed by atoms with Crippen LogP contribution < -0.4 is 20.7 Å². The lowest BCUT2D eigenvalue weighted by Crippen LogP contribution is -2.32. The van der Waals surface area contributed by atoms with Crippen LogP contribution in [0.2, 0.25) is 0 Å². The van der Waals surface area contributed by atoms with Gasteiger partial charge in [0, 0.05) is 23.5 Å². The Morgan fingerprint density at radius 3 is 2.49 bits per heavy atom. The summed E-state index contributed by atoms with van der Waals surface area (Å²) in [6.45, 7) is 1.71. The first-order chi connectivity index (χ1) is 18.9. The van der Waals surface area contributed by atoms with Crippen molar-refractivity contribution in [3.8, 4) is 5.75 Å². The fraction of sp³-hybridized carbons (Fsp3) is 0.107. The van der Waals surface area contributed by atoms with Crippen molar-refractivity contribution in [2.45, 2.75) is 13.0 Å². The van der Waals surface area contributed by atoms with E-state index in [2.05, 4.69) is 21.0 Å². The number of nitrogens with one attached hydrogen (secondary N) is 3. The molecule has 4 aromatic rings. The zero-order chi connectivity index (χ0) is 27.5. The van der Waals surface area contributed by atoms with Crippen molar-refractivity contribution in [3.63, 3.8) is 0 Å². The first kappa shape index (κ1) is 25.2. The maximum absolute atomic E-state index is 13.7. The van der Waals surface area contributed by atoms with E-state index in [4.69, 9.17) is 4.74 Å². The maximum Gasteiger partial charge on any atom is 0.269 e. The van der Waals surface area contributed by atoms with Crippen LogP contribution in [0.25, 0.3) is 0 Å². The molecule has 2 heterocycles. The zero-order valence-electron chi connectivity index (χ0n) is 21.0. The van der Waals surface area contributed by atoms with Crippen molar-refractivity contribution in [2.75, 3.05) is 23.1 Å². The number of non-ortho nitro benzene ring substituents is 1. The Kier molecular flexibility index (Phi) is 6.79. The van der Waals surface area contributed by atoms with E-state index in [0.717, 1.165) is 0 Å². The quantitative estimate of drug-likeness (QED) is 0.229. The number of fused-ring (bicyclic) bond motifs is 1. The van der Waals surface area contributed by atoms with Crippen LogP contribution in [0.15, 0.2) is 96.3 Å². The molecule has 1 aliphatic rings. The first-order valence-electron chi connectivity index (χ1n) is 12.0. The minimum atomic E-state index is -0.867. The highest BCUT2D eigenvalue weighted by molar-refractivity contribution is 6.09. The number of rotatable bonds is 7. The van der Waals surface area contributed by atoms with Gasteiger partial charge >= 0.3 is 0 Å². The van der Waals surface area contributed by atoms with E-state index in [0.29, 0.717) is 34.2 Å². The van der Waals surface area contributed by atoms with Crippen LogP contribution in [-0.2, 0) is 4.79 Å². The minimum absolute atomic E-state index is 0.135. The average molecular weight is 525 g/mol.